The van der Waals surface area contributed by atoms with E-state index in [1.165, 1.54) is 24.3 Å². The van der Waals surface area contributed by atoms with Gasteiger partial charge in [0.1, 0.15) is 16.7 Å². The number of benzene rings is 2. The van der Waals surface area contributed by atoms with Crippen molar-refractivity contribution in [1.82, 2.24) is 0 Å². The zero-order valence-electron chi connectivity index (χ0n) is 25.3. The normalized spacial score (nSPS) is 20.4. The van der Waals surface area contributed by atoms with Gasteiger partial charge in [-0.3, -0.25) is 9.35 Å². The van der Waals surface area contributed by atoms with Gasteiger partial charge < -0.3 is 14.6 Å². The number of aliphatic carboxylic acids is 1. The van der Waals surface area contributed by atoms with Crippen molar-refractivity contribution in [3.63, 3.8) is 0 Å². The number of likely N-dealkylation sites (N-methyl/N-ethyl adjacent to an activating group) is 1. The summed E-state index contributed by atoms with van der Waals surface area (Å²) in [6, 6.07) is 8.91. The summed E-state index contributed by atoms with van der Waals surface area (Å²) in [7, 11) is -9.07. The van der Waals surface area contributed by atoms with Crippen LogP contribution in [0, 0.1) is 0 Å². The fraction of sp³-hybridized carbons (Fsp3) is 0.400. The number of hydrogen-bond donors (Lipinski definition) is 2. The van der Waals surface area contributed by atoms with Crippen LogP contribution in [0.2, 0.25) is 0 Å². The van der Waals surface area contributed by atoms with Gasteiger partial charge in [0.05, 0.1) is 15.2 Å². The number of allylic oxidation sites excluding steroid dienone is 4. The molecule has 2 heterocycles. The van der Waals surface area contributed by atoms with Gasteiger partial charge in [-0.05, 0) is 89.4 Å². The van der Waals surface area contributed by atoms with Gasteiger partial charge in [-0.15, -0.1) is 0 Å². The minimum atomic E-state index is -4.70. The first kappa shape index (κ1) is 35.2. The molecule has 0 amide bonds. The molecule has 43 heavy (non-hydrogen) atoms. The van der Waals surface area contributed by atoms with Gasteiger partial charge in [0, 0.05) is 47.5 Å². The van der Waals surface area contributed by atoms with Crippen LogP contribution in [0.4, 0.5) is 11.4 Å². The molecule has 0 aliphatic carbocycles. The molecule has 0 spiro atoms. The summed E-state index contributed by atoms with van der Waals surface area (Å²) in [6.07, 6.45) is 6.47. The minimum Gasteiger partial charge on any atom is -0.744 e. The second-order valence-corrected chi connectivity index (χ2v) is 14.1. The molecule has 0 aromatic heterocycles. The van der Waals surface area contributed by atoms with E-state index in [2.05, 4.69) is 4.58 Å². The van der Waals surface area contributed by atoms with E-state index >= 15 is 0 Å². The van der Waals surface area contributed by atoms with Gasteiger partial charge in [-0.1, -0.05) is 6.08 Å². The Hall–Kier alpha value is -2.32. The van der Waals surface area contributed by atoms with Crippen molar-refractivity contribution in [3.8, 4) is 0 Å². The average Bonchev–Trinajstić information content (AvgIpc) is 3.26. The molecule has 4 rings (SSSR count). The molecule has 2 aliphatic heterocycles. The summed E-state index contributed by atoms with van der Waals surface area (Å²) in [5.74, 6) is -0.929. The van der Waals surface area contributed by atoms with E-state index in [0.717, 1.165) is 28.3 Å². The number of rotatable bonds is 10. The maximum Gasteiger partial charge on any atom is 1.00 e. The first-order chi connectivity index (χ1) is 19.5. The van der Waals surface area contributed by atoms with Crippen LogP contribution in [-0.2, 0) is 35.9 Å². The molecule has 0 radical (unpaired) electrons. The van der Waals surface area contributed by atoms with Crippen LogP contribution in [0.3, 0.4) is 0 Å². The maximum absolute atomic E-state index is 11.9. The van der Waals surface area contributed by atoms with Gasteiger partial charge in [0.2, 0.25) is 5.69 Å². The van der Waals surface area contributed by atoms with E-state index in [1.807, 2.05) is 57.7 Å². The second-order valence-electron chi connectivity index (χ2n) is 11.3. The summed E-state index contributed by atoms with van der Waals surface area (Å²) in [4.78, 5) is 12.8. The van der Waals surface area contributed by atoms with E-state index in [0.29, 0.717) is 31.5 Å². The van der Waals surface area contributed by atoms with E-state index in [1.54, 1.807) is 12.1 Å². The van der Waals surface area contributed by atoms with Crippen LogP contribution in [-0.4, -0.2) is 60.4 Å². The van der Waals surface area contributed by atoms with Crippen molar-refractivity contribution in [2.75, 3.05) is 18.0 Å². The first-order valence-corrected chi connectivity index (χ1v) is 16.6. The van der Waals surface area contributed by atoms with Gasteiger partial charge >= 0.3 is 35.5 Å². The number of carboxylic acid groups (broad SMARTS) is 1. The fourth-order valence-corrected chi connectivity index (χ4v) is 7.27. The quantitative estimate of drug-likeness (QED) is 0.225. The Kier molecular flexibility index (Phi) is 10.3. The smallest absolute Gasteiger partial charge is 0.744 e. The molecule has 0 saturated heterocycles. The molecular weight excluding hydrogens is 603 g/mol. The van der Waals surface area contributed by atoms with Gasteiger partial charge in [0.25, 0.3) is 10.1 Å². The van der Waals surface area contributed by atoms with Gasteiger partial charge in [-0.2, -0.15) is 13.0 Å². The second kappa shape index (κ2) is 12.6. The van der Waals surface area contributed by atoms with E-state index in [9.17, 15) is 35.8 Å². The molecule has 1 unspecified atom stereocenters. The Morgan fingerprint density at radius 2 is 1.65 bits per heavy atom. The van der Waals surface area contributed by atoms with Crippen molar-refractivity contribution in [1.29, 1.82) is 0 Å². The molecule has 10 nitrogen and oxygen atoms in total. The fourth-order valence-electron chi connectivity index (χ4n) is 6.27. The Balaban J connectivity index is 0.00000506. The van der Waals surface area contributed by atoms with Gasteiger partial charge in [-0.25, -0.2) is 8.42 Å². The average molecular weight is 640 g/mol. The summed E-state index contributed by atoms with van der Waals surface area (Å²) in [5.41, 5.74) is 3.42. The molecule has 1 atom stereocenters. The SMILES string of the molecule is CCN1C(=CC=CC2=[N+](CC)c3ccc(S(=O)(=O)O)cc3C2(C)C)C(C)(CCCC(=O)O)c2cc(S(=O)(=O)[O-])ccc21.[Na+]. The van der Waals surface area contributed by atoms with Crippen LogP contribution >= 0.6 is 0 Å². The molecule has 226 valence electrons. The molecule has 0 fully saturated rings. The molecular formula is C30H36N2NaO8S2+. The number of nitrogens with zero attached hydrogens (tertiary/aromatic N) is 2. The van der Waals surface area contributed by atoms with Crippen molar-refractivity contribution in [3.05, 3.63) is 71.5 Å². The van der Waals surface area contributed by atoms with Crippen LogP contribution in [0.1, 0.15) is 65.0 Å². The third-order valence-electron chi connectivity index (χ3n) is 8.37. The minimum absolute atomic E-state index is 0. The Labute approximate surface area is 275 Å². The molecule has 2 aromatic rings. The third kappa shape index (κ3) is 6.56. The number of anilines is 1. The number of fused-ring (bicyclic) bond motifs is 2. The third-order valence-corrected chi connectivity index (χ3v) is 10.0. The predicted molar refractivity (Wildman–Crippen MR) is 158 cm³/mol. The monoisotopic (exact) mass is 639 g/mol. The molecule has 0 saturated carbocycles. The Bertz CT molecular complexity index is 1760. The number of hydrogen-bond acceptors (Lipinski definition) is 7. The van der Waals surface area contributed by atoms with Crippen LogP contribution in [0.15, 0.2) is 70.1 Å². The van der Waals surface area contributed by atoms with Crippen molar-refractivity contribution in [2.45, 2.75) is 74.5 Å². The van der Waals surface area contributed by atoms with Crippen molar-refractivity contribution < 1.29 is 70.0 Å². The molecule has 2 aliphatic rings. The molecule has 2 aromatic carbocycles. The van der Waals surface area contributed by atoms with E-state index < -0.39 is 37.0 Å². The Morgan fingerprint density at radius 3 is 2.21 bits per heavy atom. The van der Waals surface area contributed by atoms with Crippen molar-refractivity contribution >= 4 is 43.3 Å². The number of carboxylic acids is 1. The van der Waals surface area contributed by atoms with E-state index in [-0.39, 0.29) is 45.8 Å². The predicted octanol–water partition coefficient (Wildman–Crippen LogP) is 1.73. The van der Waals surface area contributed by atoms with Crippen LogP contribution < -0.4 is 34.5 Å². The maximum atomic E-state index is 11.9. The topological polar surface area (TPSA) is 155 Å². The zero-order chi connectivity index (χ0) is 31.3. The number of carbonyl (C=O) groups is 1. The molecule has 2 N–H and O–H groups in total. The largest absolute Gasteiger partial charge is 1.00 e. The van der Waals surface area contributed by atoms with Crippen LogP contribution in [0.5, 0.6) is 0 Å². The first-order valence-electron chi connectivity index (χ1n) is 13.7. The zero-order valence-corrected chi connectivity index (χ0v) is 28.9. The summed E-state index contributed by atoms with van der Waals surface area (Å²) >= 11 is 0. The van der Waals surface area contributed by atoms with Crippen LogP contribution in [0.25, 0.3) is 0 Å². The summed E-state index contributed by atoms with van der Waals surface area (Å²) in [6.45, 7) is 11.0. The van der Waals surface area contributed by atoms with Gasteiger partial charge in [0.15, 0.2) is 5.71 Å². The van der Waals surface area contributed by atoms with Crippen molar-refractivity contribution in [2.24, 2.45) is 0 Å². The molecule has 0 bridgehead atoms. The molecule has 13 heteroatoms. The Morgan fingerprint density at radius 1 is 1.02 bits per heavy atom. The summed E-state index contributed by atoms with van der Waals surface area (Å²) < 4.78 is 70.9. The van der Waals surface area contributed by atoms with E-state index in [4.69, 9.17) is 0 Å². The summed E-state index contributed by atoms with van der Waals surface area (Å²) in [5, 5.41) is 9.27. The standard InChI is InChI=1S/C30H36N2O8S2.Na/c1-6-31-24-15-13-20(41(35,36)37)18-22(24)29(3,4)26(31)10-8-11-27-30(5,17-9-12-28(33)34)23-19-21(42(38,39)40)14-16-25(23)32(27)7-2;/h8,10-11,13-16,18-19H,6-7,9,12,17H2,1-5H3,(H2-,33,34,35,36,37,38,39,40);/q;+1.